The summed E-state index contributed by atoms with van der Waals surface area (Å²) in [6.45, 7) is 2.50. The Kier molecular flexibility index (Phi) is 10.8. The van der Waals surface area contributed by atoms with Crippen molar-refractivity contribution < 1.29 is 9.18 Å². The summed E-state index contributed by atoms with van der Waals surface area (Å²) in [5.41, 5.74) is 6.09. The zero-order valence-electron chi connectivity index (χ0n) is 13.3. The maximum atomic E-state index is 13.7. The molecule has 134 valence electrons. The van der Waals surface area contributed by atoms with Crippen molar-refractivity contribution >= 4 is 42.1 Å². The molecule has 2 aromatic rings. The number of halogens is 3. The van der Waals surface area contributed by atoms with E-state index in [9.17, 15) is 9.18 Å². The lowest BCUT2D eigenvalue weighted by Crippen LogP contribution is -2.39. The molecule has 0 aliphatic carbocycles. The Morgan fingerprint density at radius 3 is 2.71 bits per heavy atom. The smallest absolute Gasteiger partial charge is 0.263 e. The number of hydrogen-bond donors (Lipinski definition) is 2. The van der Waals surface area contributed by atoms with E-state index < -0.39 is 0 Å². The highest BCUT2D eigenvalue weighted by molar-refractivity contribution is 7.16. The SMILES string of the molecule is CCCCC(CN)NC(=O)c1cnc(-c2ccccc2F)s1.Cl.Cl. The third-order valence-corrected chi connectivity index (χ3v) is 4.39. The molecule has 1 atom stereocenters. The third kappa shape index (κ3) is 6.02. The minimum Gasteiger partial charge on any atom is -0.347 e. The second-order valence-electron chi connectivity index (χ2n) is 5.06. The third-order valence-electron chi connectivity index (χ3n) is 3.36. The van der Waals surface area contributed by atoms with Gasteiger partial charge in [0.15, 0.2) is 0 Å². The van der Waals surface area contributed by atoms with Crippen LogP contribution in [0.5, 0.6) is 0 Å². The van der Waals surface area contributed by atoms with Crippen LogP contribution in [0.2, 0.25) is 0 Å². The van der Waals surface area contributed by atoms with Crippen molar-refractivity contribution in [2.45, 2.75) is 32.2 Å². The molecule has 1 amide bonds. The Morgan fingerprint density at radius 1 is 1.38 bits per heavy atom. The lowest BCUT2D eigenvalue weighted by molar-refractivity contribution is 0.0939. The van der Waals surface area contributed by atoms with Gasteiger partial charge in [0.05, 0.1) is 6.20 Å². The van der Waals surface area contributed by atoms with Gasteiger partial charge in [-0.3, -0.25) is 4.79 Å². The molecule has 2 rings (SSSR count). The van der Waals surface area contributed by atoms with Gasteiger partial charge in [-0.1, -0.05) is 31.9 Å². The number of rotatable bonds is 7. The van der Waals surface area contributed by atoms with Crippen molar-refractivity contribution in [3.8, 4) is 10.6 Å². The highest BCUT2D eigenvalue weighted by atomic mass is 35.5. The predicted octanol–water partition coefficient (Wildman–Crippen LogP) is 4.04. The van der Waals surface area contributed by atoms with Crippen LogP contribution in [0.15, 0.2) is 30.5 Å². The fourth-order valence-electron chi connectivity index (χ4n) is 2.09. The lowest BCUT2D eigenvalue weighted by Gasteiger charge is -2.15. The molecule has 1 unspecified atom stereocenters. The average Bonchev–Trinajstić information content (AvgIpc) is 3.01. The highest BCUT2D eigenvalue weighted by Crippen LogP contribution is 2.27. The van der Waals surface area contributed by atoms with Crippen LogP contribution in [-0.4, -0.2) is 23.5 Å². The Bertz CT molecular complexity index is 639. The van der Waals surface area contributed by atoms with Crippen molar-refractivity contribution in [1.29, 1.82) is 0 Å². The number of amides is 1. The molecule has 24 heavy (non-hydrogen) atoms. The fourth-order valence-corrected chi connectivity index (χ4v) is 2.94. The second-order valence-corrected chi connectivity index (χ2v) is 6.09. The molecule has 1 aromatic heterocycles. The number of hydrogen-bond acceptors (Lipinski definition) is 4. The number of carbonyl (C=O) groups excluding carboxylic acids is 1. The summed E-state index contributed by atoms with van der Waals surface area (Å²) < 4.78 is 13.7. The number of unbranched alkanes of at least 4 members (excludes halogenated alkanes) is 1. The van der Waals surface area contributed by atoms with Crippen LogP contribution in [-0.2, 0) is 0 Å². The summed E-state index contributed by atoms with van der Waals surface area (Å²) in [6.07, 6.45) is 4.42. The maximum absolute atomic E-state index is 13.7. The van der Waals surface area contributed by atoms with Gasteiger partial charge in [-0.15, -0.1) is 36.2 Å². The van der Waals surface area contributed by atoms with E-state index in [1.165, 1.54) is 23.6 Å². The summed E-state index contributed by atoms with van der Waals surface area (Å²) in [7, 11) is 0. The normalized spacial score (nSPS) is 11.1. The molecule has 0 spiro atoms. The average molecular weight is 394 g/mol. The number of nitrogens with two attached hydrogens (primary N) is 1. The van der Waals surface area contributed by atoms with Gasteiger partial charge in [-0.05, 0) is 18.6 Å². The van der Waals surface area contributed by atoms with E-state index in [4.69, 9.17) is 5.73 Å². The molecule has 3 N–H and O–H groups in total. The Morgan fingerprint density at radius 2 is 2.08 bits per heavy atom. The number of thiazole rings is 1. The van der Waals surface area contributed by atoms with Crippen molar-refractivity contribution in [2.24, 2.45) is 5.73 Å². The van der Waals surface area contributed by atoms with Gasteiger partial charge in [0.2, 0.25) is 0 Å². The van der Waals surface area contributed by atoms with Crippen molar-refractivity contribution in [1.82, 2.24) is 10.3 Å². The monoisotopic (exact) mass is 393 g/mol. The first-order valence-corrected chi connectivity index (χ1v) is 8.19. The summed E-state index contributed by atoms with van der Waals surface area (Å²) in [5.74, 6) is -0.543. The number of aromatic nitrogens is 1. The number of nitrogens with one attached hydrogen (secondary N) is 1. The van der Waals surface area contributed by atoms with Gasteiger partial charge < -0.3 is 11.1 Å². The van der Waals surface area contributed by atoms with E-state index in [-0.39, 0.29) is 42.6 Å². The van der Waals surface area contributed by atoms with Crippen molar-refractivity contribution in [3.05, 3.63) is 41.2 Å². The first-order valence-electron chi connectivity index (χ1n) is 7.37. The Balaban J connectivity index is 0.00000264. The van der Waals surface area contributed by atoms with Crippen LogP contribution in [0.25, 0.3) is 10.6 Å². The zero-order chi connectivity index (χ0) is 15.9. The number of nitrogens with zero attached hydrogens (tertiary/aromatic N) is 1. The minimum absolute atomic E-state index is 0. The summed E-state index contributed by atoms with van der Waals surface area (Å²) in [6, 6.07) is 6.37. The molecule has 0 aliphatic heterocycles. The minimum atomic E-state index is -0.341. The van der Waals surface area contributed by atoms with Crippen LogP contribution >= 0.6 is 36.2 Å². The number of carbonyl (C=O) groups is 1. The van der Waals surface area contributed by atoms with Crippen LogP contribution in [0.3, 0.4) is 0 Å². The van der Waals surface area contributed by atoms with E-state index >= 15 is 0 Å². The summed E-state index contributed by atoms with van der Waals surface area (Å²) in [4.78, 5) is 16.8. The Labute approximate surface area is 157 Å². The van der Waals surface area contributed by atoms with E-state index in [0.29, 0.717) is 22.0 Å². The van der Waals surface area contributed by atoms with Crippen molar-refractivity contribution in [3.63, 3.8) is 0 Å². The first kappa shape index (κ1) is 22.8. The van der Waals surface area contributed by atoms with E-state index in [0.717, 1.165) is 19.3 Å². The molecule has 0 aliphatic rings. The molecule has 1 aromatic carbocycles. The van der Waals surface area contributed by atoms with Gasteiger partial charge in [0.1, 0.15) is 15.7 Å². The largest absolute Gasteiger partial charge is 0.347 e. The van der Waals surface area contributed by atoms with Gasteiger partial charge in [0.25, 0.3) is 5.91 Å². The molecule has 8 heteroatoms. The van der Waals surface area contributed by atoms with E-state index in [1.54, 1.807) is 18.2 Å². The topological polar surface area (TPSA) is 68.0 Å². The fraction of sp³-hybridized carbons (Fsp3) is 0.375. The number of benzene rings is 1. The lowest BCUT2D eigenvalue weighted by atomic mass is 10.1. The second kappa shape index (κ2) is 11.4. The van der Waals surface area contributed by atoms with Crippen LogP contribution in [0.1, 0.15) is 35.9 Å². The Hall–Kier alpha value is -1.21. The molecule has 0 fully saturated rings. The van der Waals surface area contributed by atoms with Crippen LogP contribution in [0, 0.1) is 5.82 Å². The van der Waals surface area contributed by atoms with E-state index in [1.807, 2.05) is 0 Å². The molecule has 0 saturated carbocycles. The zero-order valence-corrected chi connectivity index (χ0v) is 15.8. The molecule has 0 saturated heterocycles. The van der Waals surface area contributed by atoms with Crippen LogP contribution < -0.4 is 11.1 Å². The first-order chi connectivity index (χ1) is 10.7. The van der Waals surface area contributed by atoms with Gasteiger partial charge >= 0.3 is 0 Å². The quantitative estimate of drug-likeness (QED) is 0.745. The standard InChI is InChI=1S/C16H20FN3OS.2ClH/c1-2-3-6-11(9-18)20-15(21)14-10-19-16(22-14)12-7-4-5-8-13(12)17;;/h4-5,7-8,10-11H,2-3,6,9,18H2,1H3,(H,20,21);2*1H. The van der Waals surface area contributed by atoms with Gasteiger partial charge in [0, 0.05) is 18.2 Å². The molecular formula is C16H22Cl2FN3OS. The van der Waals surface area contributed by atoms with E-state index in [2.05, 4.69) is 17.2 Å². The van der Waals surface area contributed by atoms with Crippen LogP contribution in [0.4, 0.5) is 4.39 Å². The highest BCUT2D eigenvalue weighted by Gasteiger charge is 2.16. The molecule has 1 heterocycles. The molecule has 4 nitrogen and oxygen atoms in total. The maximum Gasteiger partial charge on any atom is 0.263 e. The van der Waals surface area contributed by atoms with Gasteiger partial charge in [-0.2, -0.15) is 0 Å². The predicted molar refractivity (Wildman–Crippen MR) is 102 cm³/mol. The van der Waals surface area contributed by atoms with Gasteiger partial charge in [-0.25, -0.2) is 9.37 Å². The molecular weight excluding hydrogens is 372 g/mol. The summed E-state index contributed by atoms with van der Waals surface area (Å²) in [5, 5.41) is 3.41. The summed E-state index contributed by atoms with van der Waals surface area (Å²) >= 11 is 1.18. The van der Waals surface area contributed by atoms with Crippen molar-refractivity contribution in [2.75, 3.05) is 6.54 Å². The molecule has 0 radical (unpaired) electrons. The molecule has 0 bridgehead atoms.